The van der Waals surface area contributed by atoms with Crippen molar-refractivity contribution in [1.82, 2.24) is 5.32 Å². The molecule has 1 aromatic carbocycles. The molecule has 0 saturated heterocycles. The maximum absolute atomic E-state index is 12.1. The number of carbonyl (C=O) groups is 2. The summed E-state index contributed by atoms with van der Waals surface area (Å²) in [5.74, 6) is -1.28. The van der Waals surface area contributed by atoms with E-state index in [1.54, 1.807) is 12.1 Å². The molecule has 7 nitrogen and oxygen atoms in total. The van der Waals surface area contributed by atoms with Crippen molar-refractivity contribution in [3.05, 3.63) is 39.7 Å². The van der Waals surface area contributed by atoms with Crippen molar-refractivity contribution in [1.29, 1.82) is 0 Å². The second-order valence-corrected chi connectivity index (χ2v) is 6.13. The van der Waals surface area contributed by atoms with Crippen molar-refractivity contribution in [2.45, 2.75) is 38.6 Å². The first-order chi connectivity index (χ1) is 12.0. The van der Waals surface area contributed by atoms with Crippen molar-refractivity contribution in [2.75, 3.05) is 6.61 Å². The van der Waals surface area contributed by atoms with Crippen LogP contribution in [0.1, 0.15) is 30.9 Å². The Morgan fingerprint density at radius 3 is 2.72 bits per heavy atom. The van der Waals surface area contributed by atoms with Crippen LogP contribution in [0, 0.1) is 0 Å². The number of benzene rings is 1. The summed E-state index contributed by atoms with van der Waals surface area (Å²) in [5.41, 5.74) is 1.92. The molecule has 25 heavy (non-hydrogen) atoms. The Balaban J connectivity index is 1.77. The lowest BCUT2D eigenvalue weighted by atomic mass is 9.91. The molecule has 1 aliphatic rings. The second-order valence-electron chi connectivity index (χ2n) is 6.13. The summed E-state index contributed by atoms with van der Waals surface area (Å²) in [4.78, 5) is 34.5. The van der Waals surface area contributed by atoms with Gasteiger partial charge in [0.1, 0.15) is 17.4 Å². The van der Waals surface area contributed by atoms with Crippen molar-refractivity contribution >= 4 is 22.8 Å². The highest BCUT2D eigenvalue weighted by molar-refractivity contribution is 5.85. The van der Waals surface area contributed by atoms with Gasteiger partial charge in [-0.1, -0.05) is 0 Å². The molecule has 0 aliphatic heterocycles. The monoisotopic (exact) mass is 345 g/mol. The highest BCUT2D eigenvalue weighted by Gasteiger charge is 2.18. The standard InChI is InChI=1S/C18H19NO6/c1-10(17(21)22)19-16(20)9-24-11-6-7-13-12-4-2-3-5-14(12)18(23)25-15(13)8-11/h6-8,10H,2-5,9H2,1H3,(H,19,20)(H,21,22)/t10-/m0/s1. The Morgan fingerprint density at radius 1 is 1.28 bits per heavy atom. The molecule has 7 heteroatoms. The maximum Gasteiger partial charge on any atom is 0.339 e. The molecule has 1 aliphatic carbocycles. The van der Waals surface area contributed by atoms with Crippen LogP contribution >= 0.6 is 0 Å². The Morgan fingerprint density at radius 2 is 2.00 bits per heavy atom. The minimum Gasteiger partial charge on any atom is -0.484 e. The maximum atomic E-state index is 12.1. The number of rotatable bonds is 5. The van der Waals surface area contributed by atoms with Crippen LogP contribution in [-0.4, -0.2) is 29.6 Å². The fourth-order valence-corrected chi connectivity index (χ4v) is 3.01. The second kappa shape index (κ2) is 6.96. The van der Waals surface area contributed by atoms with Crippen LogP contribution in [0.15, 0.2) is 27.4 Å². The third-order valence-corrected chi connectivity index (χ3v) is 4.31. The van der Waals surface area contributed by atoms with Crippen LogP contribution in [-0.2, 0) is 22.4 Å². The molecule has 3 rings (SSSR count). The van der Waals surface area contributed by atoms with Crippen LogP contribution in [0.5, 0.6) is 5.75 Å². The lowest BCUT2D eigenvalue weighted by Crippen LogP contribution is -2.40. The molecule has 1 amide bonds. The summed E-state index contributed by atoms with van der Waals surface area (Å²) in [5, 5.41) is 12.0. The van der Waals surface area contributed by atoms with Gasteiger partial charge in [0.25, 0.3) is 5.91 Å². The van der Waals surface area contributed by atoms with E-state index in [1.165, 1.54) is 6.92 Å². The van der Waals surface area contributed by atoms with E-state index in [1.807, 2.05) is 6.07 Å². The summed E-state index contributed by atoms with van der Waals surface area (Å²) in [6.45, 7) is 1.05. The first-order valence-electron chi connectivity index (χ1n) is 8.19. The normalized spacial score (nSPS) is 14.6. The predicted octanol–water partition coefficient (Wildman–Crippen LogP) is 1.64. The average Bonchev–Trinajstić information content (AvgIpc) is 2.60. The summed E-state index contributed by atoms with van der Waals surface area (Å²) in [6, 6.07) is 4.14. The first kappa shape index (κ1) is 17.0. The van der Waals surface area contributed by atoms with E-state index in [4.69, 9.17) is 14.3 Å². The molecule has 1 heterocycles. The molecule has 0 fully saturated rings. The molecule has 0 saturated carbocycles. The van der Waals surface area contributed by atoms with Gasteiger partial charge in [0.15, 0.2) is 6.61 Å². The number of carbonyl (C=O) groups excluding carboxylic acids is 1. The van der Waals surface area contributed by atoms with Crippen molar-refractivity contribution in [3.63, 3.8) is 0 Å². The minimum absolute atomic E-state index is 0.313. The van der Waals surface area contributed by atoms with Crippen LogP contribution in [0.2, 0.25) is 0 Å². The average molecular weight is 345 g/mol. The van der Waals surface area contributed by atoms with Gasteiger partial charge in [-0.3, -0.25) is 9.59 Å². The van der Waals surface area contributed by atoms with E-state index in [-0.39, 0.29) is 12.2 Å². The third-order valence-electron chi connectivity index (χ3n) is 4.31. The first-order valence-corrected chi connectivity index (χ1v) is 8.19. The van der Waals surface area contributed by atoms with Crippen molar-refractivity contribution < 1.29 is 23.8 Å². The molecule has 1 atom stereocenters. The summed E-state index contributed by atoms with van der Waals surface area (Å²) >= 11 is 0. The highest BCUT2D eigenvalue weighted by atomic mass is 16.5. The zero-order valence-corrected chi connectivity index (χ0v) is 13.8. The lowest BCUT2D eigenvalue weighted by molar-refractivity contribution is -0.141. The molecule has 0 bridgehead atoms. The topological polar surface area (TPSA) is 106 Å². The minimum atomic E-state index is -1.12. The number of aryl methyl sites for hydroxylation is 1. The fraction of sp³-hybridized carbons (Fsp3) is 0.389. The quantitative estimate of drug-likeness (QED) is 0.798. The zero-order chi connectivity index (χ0) is 18.0. The van der Waals surface area contributed by atoms with E-state index in [9.17, 15) is 14.4 Å². The summed E-state index contributed by atoms with van der Waals surface area (Å²) in [7, 11) is 0. The van der Waals surface area contributed by atoms with Gasteiger partial charge in [-0.05, 0) is 50.3 Å². The fourth-order valence-electron chi connectivity index (χ4n) is 3.01. The number of nitrogens with one attached hydrogen (secondary N) is 1. The number of ether oxygens (including phenoxy) is 1. The van der Waals surface area contributed by atoms with Gasteiger partial charge >= 0.3 is 11.6 Å². The SMILES string of the molecule is C[C@H](NC(=O)COc1ccc2c3c(c(=O)oc2c1)CCCC3)C(=O)O. The Bertz CT molecular complexity index is 885. The number of hydrogen-bond donors (Lipinski definition) is 2. The molecule has 1 aromatic heterocycles. The van der Waals surface area contributed by atoms with Gasteiger partial charge in [0.05, 0.1) is 0 Å². The lowest BCUT2D eigenvalue weighted by Gasteiger charge is -2.16. The van der Waals surface area contributed by atoms with Crippen LogP contribution in [0.25, 0.3) is 11.0 Å². The van der Waals surface area contributed by atoms with E-state index in [0.717, 1.165) is 42.2 Å². The summed E-state index contributed by atoms with van der Waals surface area (Å²) < 4.78 is 10.8. The van der Waals surface area contributed by atoms with Gasteiger partial charge < -0.3 is 19.6 Å². The third kappa shape index (κ3) is 3.65. The van der Waals surface area contributed by atoms with Gasteiger partial charge in [0.2, 0.25) is 0 Å². The molecule has 0 spiro atoms. The summed E-state index contributed by atoms with van der Waals surface area (Å²) in [6.07, 6.45) is 3.64. The van der Waals surface area contributed by atoms with E-state index in [2.05, 4.69) is 5.32 Å². The molecule has 0 unspecified atom stereocenters. The van der Waals surface area contributed by atoms with Crippen LogP contribution < -0.4 is 15.7 Å². The smallest absolute Gasteiger partial charge is 0.339 e. The number of fused-ring (bicyclic) bond motifs is 3. The van der Waals surface area contributed by atoms with Crippen LogP contribution in [0.4, 0.5) is 0 Å². The Labute approximate surface area is 143 Å². The Hall–Kier alpha value is -2.83. The predicted molar refractivity (Wildman–Crippen MR) is 89.9 cm³/mol. The Kier molecular flexibility index (Phi) is 4.74. The van der Waals surface area contributed by atoms with Gasteiger partial charge in [-0.2, -0.15) is 0 Å². The molecular formula is C18H19NO6. The molecule has 132 valence electrons. The molecule has 2 N–H and O–H groups in total. The van der Waals surface area contributed by atoms with Gasteiger partial charge in [0, 0.05) is 17.0 Å². The van der Waals surface area contributed by atoms with Crippen molar-refractivity contribution in [2.24, 2.45) is 0 Å². The zero-order valence-electron chi connectivity index (χ0n) is 13.8. The highest BCUT2D eigenvalue weighted by Crippen LogP contribution is 2.29. The van der Waals surface area contributed by atoms with E-state index >= 15 is 0 Å². The van der Waals surface area contributed by atoms with Crippen molar-refractivity contribution in [3.8, 4) is 5.75 Å². The van der Waals surface area contributed by atoms with E-state index in [0.29, 0.717) is 11.3 Å². The molecule has 0 radical (unpaired) electrons. The number of carboxylic acid groups (broad SMARTS) is 1. The van der Waals surface area contributed by atoms with E-state index < -0.39 is 17.9 Å². The largest absolute Gasteiger partial charge is 0.484 e. The molecule has 2 aromatic rings. The number of aliphatic carboxylic acids is 1. The van der Waals surface area contributed by atoms with Gasteiger partial charge in [-0.25, -0.2) is 4.79 Å². The molecular weight excluding hydrogens is 326 g/mol. The number of amides is 1. The van der Waals surface area contributed by atoms with Crippen LogP contribution in [0.3, 0.4) is 0 Å². The number of carboxylic acids is 1. The van der Waals surface area contributed by atoms with Gasteiger partial charge in [-0.15, -0.1) is 0 Å². The number of hydrogen-bond acceptors (Lipinski definition) is 5.